The summed E-state index contributed by atoms with van der Waals surface area (Å²) in [7, 11) is -1.90. The molecule has 0 radical (unpaired) electrons. The Morgan fingerprint density at radius 2 is 2.19 bits per heavy atom. The van der Waals surface area contributed by atoms with Gasteiger partial charge in [0.05, 0.1) is 12.1 Å². The molecule has 1 fully saturated rings. The van der Waals surface area contributed by atoms with Crippen LogP contribution in [0.2, 0.25) is 0 Å². The molecule has 0 aliphatic carbocycles. The average Bonchev–Trinajstić information content (AvgIpc) is 3.03. The van der Waals surface area contributed by atoms with Gasteiger partial charge in [0, 0.05) is 38.1 Å². The predicted molar refractivity (Wildman–Crippen MR) is 81.5 cm³/mol. The van der Waals surface area contributed by atoms with Gasteiger partial charge in [0.25, 0.3) is 0 Å². The van der Waals surface area contributed by atoms with E-state index in [9.17, 15) is 8.42 Å². The highest BCUT2D eigenvalue weighted by molar-refractivity contribution is 7.89. The molecule has 2 unspecified atom stereocenters. The highest BCUT2D eigenvalue weighted by Crippen LogP contribution is 2.26. The number of likely N-dealkylation sites (N-methyl/N-ethyl adjacent to an activating group) is 1. The smallest absolute Gasteiger partial charge is 0.244 e. The number of nitrogens with two attached hydrogens (primary N) is 1. The van der Waals surface area contributed by atoms with E-state index in [0.717, 1.165) is 12.1 Å². The van der Waals surface area contributed by atoms with E-state index >= 15 is 0 Å². The lowest BCUT2D eigenvalue weighted by Gasteiger charge is -2.25. The Bertz CT molecular complexity index is 595. The van der Waals surface area contributed by atoms with E-state index in [4.69, 9.17) is 10.5 Å². The van der Waals surface area contributed by atoms with E-state index in [0.29, 0.717) is 18.0 Å². The molecule has 1 aliphatic heterocycles. The normalized spacial score (nSPS) is 23.4. The zero-order valence-corrected chi connectivity index (χ0v) is 13.9. The van der Waals surface area contributed by atoms with E-state index in [-0.39, 0.29) is 18.2 Å². The summed E-state index contributed by atoms with van der Waals surface area (Å²) in [5, 5.41) is 0. The summed E-state index contributed by atoms with van der Waals surface area (Å²) in [6.07, 6.45) is 2.33. The molecule has 7 heteroatoms. The van der Waals surface area contributed by atoms with Gasteiger partial charge in [-0.25, -0.2) is 8.42 Å². The van der Waals surface area contributed by atoms with Crippen molar-refractivity contribution in [2.45, 2.75) is 56.8 Å². The Kier molecular flexibility index (Phi) is 4.77. The molecule has 1 aromatic heterocycles. The van der Waals surface area contributed by atoms with Crippen LogP contribution >= 0.6 is 0 Å². The van der Waals surface area contributed by atoms with Crippen LogP contribution in [0.1, 0.15) is 38.9 Å². The molecule has 0 amide bonds. The minimum Gasteiger partial charge on any atom is -0.377 e. The Morgan fingerprint density at radius 1 is 1.52 bits per heavy atom. The van der Waals surface area contributed by atoms with Crippen molar-refractivity contribution in [3.8, 4) is 0 Å². The van der Waals surface area contributed by atoms with Gasteiger partial charge in [-0.3, -0.25) is 0 Å². The topological polar surface area (TPSA) is 77.6 Å². The SMILES string of the molecule is CC1OCCC1N(C)S(=O)(=O)c1cc(CN)n(C(C)C)c1. The minimum atomic E-state index is -3.52. The van der Waals surface area contributed by atoms with Gasteiger partial charge in [0.2, 0.25) is 10.0 Å². The monoisotopic (exact) mass is 315 g/mol. The lowest BCUT2D eigenvalue weighted by molar-refractivity contribution is 0.102. The van der Waals surface area contributed by atoms with Crippen LogP contribution in [-0.4, -0.2) is 43.1 Å². The Hall–Kier alpha value is -0.890. The van der Waals surface area contributed by atoms with Crippen molar-refractivity contribution in [1.29, 1.82) is 0 Å². The van der Waals surface area contributed by atoms with Gasteiger partial charge in [-0.1, -0.05) is 0 Å². The van der Waals surface area contributed by atoms with Crippen LogP contribution in [0.5, 0.6) is 0 Å². The van der Waals surface area contributed by atoms with Gasteiger partial charge >= 0.3 is 0 Å². The summed E-state index contributed by atoms with van der Waals surface area (Å²) in [5.41, 5.74) is 6.54. The zero-order chi connectivity index (χ0) is 15.8. The minimum absolute atomic E-state index is 0.0778. The lowest BCUT2D eigenvalue weighted by atomic mass is 10.2. The van der Waals surface area contributed by atoms with Gasteiger partial charge < -0.3 is 15.0 Å². The lowest BCUT2D eigenvalue weighted by Crippen LogP contribution is -2.40. The van der Waals surface area contributed by atoms with E-state index < -0.39 is 10.0 Å². The molecule has 0 aromatic carbocycles. The van der Waals surface area contributed by atoms with E-state index in [1.165, 1.54) is 4.31 Å². The number of aromatic nitrogens is 1. The van der Waals surface area contributed by atoms with Crippen molar-refractivity contribution in [1.82, 2.24) is 8.87 Å². The van der Waals surface area contributed by atoms with Crippen molar-refractivity contribution in [2.75, 3.05) is 13.7 Å². The first-order valence-electron chi connectivity index (χ1n) is 7.29. The molecule has 21 heavy (non-hydrogen) atoms. The van der Waals surface area contributed by atoms with Crippen molar-refractivity contribution >= 4 is 10.0 Å². The third-order valence-corrected chi connectivity index (χ3v) is 6.00. The maximum Gasteiger partial charge on any atom is 0.244 e. The average molecular weight is 315 g/mol. The first kappa shape index (κ1) is 16.5. The molecular formula is C14H25N3O3S. The molecule has 120 valence electrons. The maximum absolute atomic E-state index is 12.8. The second-order valence-corrected chi connectivity index (χ2v) is 7.82. The third-order valence-electron chi connectivity index (χ3n) is 4.15. The molecular weight excluding hydrogens is 290 g/mol. The molecule has 1 aliphatic rings. The number of hydrogen-bond acceptors (Lipinski definition) is 4. The third kappa shape index (κ3) is 3.01. The molecule has 2 rings (SSSR count). The molecule has 2 N–H and O–H groups in total. The molecule has 0 saturated carbocycles. The summed E-state index contributed by atoms with van der Waals surface area (Å²) in [6, 6.07) is 1.73. The van der Waals surface area contributed by atoms with E-state index in [1.54, 1.807) is 19.3 Å². The highest BCUT2D eigenvalue weighted by atomic mass is 32.2. The van der Waals surface area contributed by atoms with Crippen LogP contribution in [0, 0.1) is 0 Å². The van der Waals surface area contributed by atoms with Gasteiger partial charge in [-0.05, 0) is 33.3 Å². The number of hydrogen-bond donors (Lipinski definition) is 1. The Morgan fingerprint density at radius 3 is 2.62 bits per heavy atom. The van der Waals surface area contributed by atoms with Crippen molar-refractivity contribution in [3.63, 3.8) is 0 Å². The molecule has 0 bridgehead atoms. The van der Waals surface area contributed by atoms with Gasteiger partial charge in [-0.2, -0.15) is 4.31 Å². The highest BCUT2D eigenvalue weighted by Gasteiger charge is 2.36. The summed E-state index contributed by atoms with van der Waals surface area (Å²) in [4.78, 5) is 0.304. The van der Waals surface area contributed by atoms with Gasteiger partial charge in [0.15, 0.2) is 0 Å². The number of ether oxygens (including phenoxy) is 1. The van der Waals surface area contributed by atoms with E-state index in [1.807, 2.05) is 25.3 Å². The van der Waals surface area contributed by atoms with Crippen molar-refractivity contribution in [3.05, 3.63) is 18.0 Å². The van der Waals surface area contributed by atoms with Gasteiger partial charge in [0.1, 0.15) is 4.90 Å². The van der Waals surface area contributed by atoms with Crippen LogP contribution in [-0.2, 0) is 21.3 Å². The largest absolute Gasteiger partial charge is 0.377 e. The van der Waals surface area contributed by atoms with E-state index in [2.05, 4.69) is 0 Å². The zero-order valence-electron chi connectivity index (χ0n) is 13.1. The quantitative estimate of drug-likeness (QED) is 0.889. The molecule has 0 spiro atoms. The Balaban J connectivity index is 2.35. The fourth-order valence-corrected chi connectivity index (χ4v) is 4.32. The number of rotatable bonds is 5. The number of sulfonamides is 1. The fourth-order valence-electron chi connectivity index (χ4n) is 2.82. The van der Waals surface area contributed by atoms with Crippen LogP contribution in [0.4, 0.5) is 0 Å². The molecule has 1 saturated heterocycles. The fraction of sp³-hybridized carbons (Fsp3) is 0.714. The first-order valence-corrected chi connectivity index (χ1v) is 8.73. The van der Waals surface area contributed by atoms with Crippen LogP contribution in [0.15, 0.2) is 17.2 Å². The summed E-state index contributed by atoms with van der Waals surface area (Å²) < 4.78 is 34.4. The van der Waals surface area contributed by atoms with Gasteiger partial charge in [-0.15, -0.1) is 0 Å². The summed E-state index contributed by atoms with van der Waals surface area (Å²) in [6.45, 7) is 6.85. The molecule has 2 atom stereocenters. The maximum atomic E-state index is 12.8. The molecule has 6 nitrogen and oxygen atoms in total. The van der Waals surface area contributed by atoms with Crippen molar-refractivity contribution < 1.29 is 13.2 Å². The predicted octanol–water partition coefficient (Wildman–Crippen LogP) is 1.33. The Labute approximate surface area is 126 Å². The summed E-state index contributed by atoms with van der Waals surface area (Å²) in [5.74, 6) is 0. The van der Waals surface area contributed by atoms with Crippen LogP contribution < -0.4 is 5.73 Å². The summed E-state index contributed by atoms with van der Waals surface area (Å²) >= 11 is 0. The number of nitrogens with zero attached hydrogens (tertiary/aromatic N) is 2. The molecule has 1 aromatic rings. The van der Waals surface area contributed by atoms with Crippen molar-refractivity contribution in [2.24, 2.45) is 5.73 Å². The second kappa shape index (κ2) is 6.08. The first-order chi connectivity index (χ1) is 9.78. The van der Waals surface area contributed by atoms with Crippen LogP contribution in [0.25, 0.3) is 0 Å². The standard InChI is InChI=1S/C14H25N3O3S/c1-10(2)17-9-13(7-12(17)8-15)21(18,19)16(4)14-5-6-20-11(14)3/h7,9-11,14H,5-6,8,15H2,1-4H3. The van der Waals surface area contributed by atoms with Crippen LogP contribution in [0.3, 0.4) is 0 Å². The second-order valence-electron chi connectivity index (χ2n) is 5.83. The molecule has 2 heterocycles.